The lowest BCUT2D eigenvalue weighted by Crippen LogP contribution is -2.40. The Labute approximate surface area is 102 Å². The molecule has 0 aliphatic heterocycles. The summed E-state index contributed by atoms with van der Waals surface area (Å²) in [5, 5.41) is 2.77. The molecule has 0 aliphatic rings. The molecule has 1 amide bonds. The van der Waals surface area contributed by atoms with Crippen molar-refractivity contribution in [2.24, 2.45) is 5.73 Å². The smallest absolute Gasteiger partial charge is 0.242 e. The number of rotatable bonds is 5. The van der Waals surface area contributed by atoms with Gasteiger partial charge in [0.1, 0.15) is 6.04 Å². The minimum atomic E-state index is -0.663. The molecule has 17 heavy (non-hydrogen) atoms. The van der Waals surface area contributed by atoms with Gasteiger partial charge in [-0.1, -0.05) is 49.6 Å². The van der Waals surface area contributed by atoms with Crippen LogP contribution < -0.4 is 11.1 Å². The summed E-state index contributed by atoms with van der Waals surface area (Å²) in [5.41, 5.74) is 6.65. The van der Waals surface area contributed by atoms with Crippen LogP contribution in [0.1, 0.15) is 31.4 Å². The molecule has 0 saturated carbocycles. The first kappa shape index (κ1) is 13.3. The molecule has 0 spiro atoms. The third kappa shape index (κ3) is 3.93. The van der Waals surface area contributed by atoms with Crippen LogP contribution in [0.25, 0.3) is 0 Å². The van der Waals surface area contributed by atoms with Gasteiger partial charge in [-0.3, -0.25) is 4.79 Å². The van der Waals surface area contributed by atoms with Crippen LogP contribution in [0.4, 0.5) is 0 Å². The number of nitrogens with two attached hydrogens (primary N) is 1. The topological polar surface area (TPSA) is 55.1 Å². The van der Waals surface area contributed by atoms with E-state index in [4.69, 9.17) is 12.2 Å². The molecule has 3 nitrogen and oxygen atoms in total. The number of hydrogen-bond donors (Lipinski definition) is 2. The van der Waals surface area contributed by atoms with E-state index in [1.807, 2.05) is 37.3 Å². The highest BCUT2D eigenvalue weighted by atomic mass is 16.2. The maximum atomic E-state index is 11.9. The van der Waals surface area contributed by atoms with E-state index in [0.717, 1.165) is 18.4 Å². The summed E-state index contributed by atoms with van der Waals surface area (Å²) in [4.78, 5) is 11.9. The maximum Gasteiger partial charge on any atom is 0.242 e. The fraction of sp³-hybridized carbons (Fsp3) is 0.357. The number of benzene rings is 1. The summed E-state index contributed by atoms with van der Waals surface area (Å²) in [6, 6.07) is 8.35. The molecule has 1 unspecified atom stereocenters. The van der Waals surface area contributed by atoms with E-state index in [-0.39, 0.29) is 11.9 Å². The molecule has 1 aromatic rings. The van der Waals surface area contributed by atoms with Gasteiger partial charge in [-0.05, 0) is 12.0 Å². The van der Waals surface area contributed by atoms with Crippen molar-refractivity contribution in [2.75, 3.05) is 0 Å². The highest BCUT2D eigenvalue weighted by Crippen LogP contribution is 2.10. The summed E-state index contributed by atoms with van der Waals surface area (Å²) >= 11 is 0. The molecular weight excluding hydrogens is 212 g/mol. The van der Waals surface area contributed by atoms with E-state index in [0.29, 0.717) is 0 Å². The third-order valence-electron chi connectivity index (χ3n) is 2.54. The Balaban J connectivity index is 2.62. The Bertz CT molecular complexity index is 394. The zero-order valence-corrected chi connectivity index (χ0v) is 10.0. The van der Waals surface area contributed by atoms with Crippen LogP contribution in [0.5, 0.6) is 0 Å². The van der Waals surface area contributed by atoms with Crippen molar-refractivity contribution in [3.05, 3.63) is 35.9 Å². The molecule has 2 atom stereocenters. The van der Waals surface area contributed by atoms with E-state index >= 15 is 0 Å². The molecular formula is C14H18N2O. The molecule has 90 valence electrons. The Morgan fingerprint density at radius 1 is 1.47 bits per heavy atom. The molecule has 3 heteroatoms. The van der Waals surface area contributed by atoms with Crippen molar-refractivity contribution in [3.8, 4) is 12.3 Å². The molecule has 0 radical (unpaired) electrons. The van der Waals surface area contributed by atoms with Crippen molar-refractivity contribution in [1.29, 1.82) is 0 Å². The van der Waals surface area contributed by atoms with E-state index < -0.39 is 6.04 Å². The average molecular weight is 230 g/mol. The van der Waals surface area contributed by atoms with Crippen LogP contribution in [-0.4, -0.2) is 11.9 Å². The summed E-state index contributed by atoms with van der Waals surface area (Å²) in [6.07, 6.45) is 7.03. The zero-order chi connectivity index (χ0) is 12.7. The Hall–Kier alpha value is -1.79. The Morgan fingerprint density at radius 2 is 2.12 bits per heavy atom. The van der Waals surface area contributed by atoms with Gasteiger partial charge in [-0.2, -0.15) is 0 Å². The summed E-state index contributed by atoms with van der Waals surface area (Å²) in [5.74, 6) is 2.32. The fourth-order valence-electron chi connectivity index (χ4n) is 1.56. The molecule has 1 aromatic carbocycles. The Morgan fingerprint density at radius 3 is 2.65 bits per heavy atom. The highest BCUT2D eigenvalue weighted by Gasteiger charge is 2.17. The Kier molecular flexibility index (Phi) is 5.25. The molecule has 0 fully saturated rings. The molecule has 0 bridgehead atoms. The summed E-state index contributed by atoms with van der Waals surface area (Å²) in [7, 11) is 0. The molecule has 0 aromatic heterocycles. The third-order valence-corrected chi connectivity index (χ3v) is 2.54. The van der Waals surface area contributed by atoms with Gasteiger partial charge in [-0.25, -0.2) is 0 Å². The molecule has 3 N–H and O–H groups in total. The second kappa shape index (κ2) is 6.72. The maximum absolute atomic E-state index is 11.9. The fourth-order valence-corrected chi connectivity index (χ4v) is 1.56. The molecule has 0 aliphatic carbocycles. The number of terminal acetylenes is 1. The summed E-state index contributed by atoms with van der Waals surface area (Å²) < 4.78 is 0. The highest BCUT2D eigenvalue weighted by molar-refractivity contribution is 5.83. The average Bonchev–Trinajstić information content (AvgIpc) is 2.38. The minimum Gasteiger partial charge on any atom is -0.341 e. The van der Waals surface area contributed by atoms with Crippen LogP contribution in [0, 0.1) is 12.3 Å². The van der Waals surface area contributed by atoms with Crippen molar-refractivity contribution < 1.29 is 4.79 Å². The first-order chi connectivity index (χ1) is 8.19. The van der Waals surface area contributed by atoms with Crippen molar-refractivity contribution in [1.82, 2.24) is 5.32 Å². The van der Waals surface area contributed by atoms with Gasteiger partial charge in [0.15, 0.2) is 0 Å². The van der Waals surface area contributed by atoms with Gasteiger partial charge in [0.2, 0.25) is 5.91 Å². The SMILES string of the molecule is C#CC(CCC)NC(=O)[C@@H](N)c1ccccc1. The summed E-state index contributed by atoms with van der Waals surface area (Å²) in [6.45, 7) is 2.02. The first-order valence-electron chi connectivity index (χ1n) is 5.76. The minimum absolute atomic E-state index is 0.229. The van der Waals surface area contributed by atoms with Gasteiger partial charge in [0.05, 0.1) is 6.04 Å². The predicted molar refractivity (Wildman–Crippen MR) is 69.0 cm³/mol. The number of carbonyl (C=O) groups is 1. The second-order valence-corrected chi connectivity index (χ2v) is 3.90. The van der Waals surface area contributed by atoms with Gasteiger partial charge in [0, 0.05) is 0 Å². The first-order valence-corrected chi connectivity index (χ1v) is 5.76. The standard InChI is InChI=1S/C14H18N2O/c1-3-8-12(4-2)16-14(17)13(15)11-9-6-5-7-10-11/h2,5-7,9-10,12-13H,3,8,15H2,1H3,(H,16,17)/t12?,13-/m0/s1. The normalized spacial score (nSPS) is 13.5. The van der Waals surface area contributed by atoms with Crippen LogP contribution in [0.3, 0.4) is 0 Å². The number of carbonyl (C=O) groups excluding carboxylic acids is 1. The van der Waals surface area contributed by atoms with E-state index in [2.05, 4.69) is 11.2 Å². The van der Waals surface area contributed by atoms with Crippen LogP contribution in [0.15, 0.2) is 30.3 Å². The molecule has 1 rings (SSSR count). The van der Waals surface area contributed by atoms with E-state index in [9.17, 15) is 4.79 Å². The number of amides is 1. The van der Waals surface area contributed by atoms with Crippen LogP contribution >= 0.6 is 0 Å². The van der Waals surface area contributed by atoms with Gasteiger partial charge < -0.3 is 11.1 Å². The van der Waals surface area contributed by atoms with Gasteiger partial charge >= 0.3 is 0 Å². The van der Waals surface area contributed by atoms with Crippen LogP contribution in [0.2, 0.25) is 0 Å². The zero-order valence-electron chi connectivity index (χ0n) is 10.0. The molecule has 0 saturated heterocycles. The quantitative estimate of drug-likeness (QED) is 0.755. The second-order valence-electron chi connectivity index (χ2n) is 3.90. The van der Waals surface area contributed by atoms with Crippen LogP contribution in [-0.2, 0) is 4.79 Å². The lowest BCUT2D eigenvalue weighted by atomic mass is 10.1. The van der Waals surface area contributed by atoms with Gasteiger partial charge in [0.25, 0.3) is 0 Å². The van der Waals surface area contributed by atoms with Crippen molar-refractivity contribution in [2.45, 2.75) is 31.8 Å². The van der Waals surface area contributed by atoms with Crippen molar-refractivity contribution in [3.63, 3.8) is 0 Å². The largest absolute Gasteiger partial charge is 0.341 e. The predicted octanol–water partition coefficient (Wildman–Crippen LogP) is 1.60. The van der Waals surface area contributed by atoms with Gasteiger partial charge in [-0.15, -0.1) is 6.42 Å². The van der Waals surface area contributed by atoms with E-state index in [1.54, 1.807) is 0 Å². The lowest BCUT2D eigenvalue weighted by Gasteiger charge is -2.16. The van der Waals surface area contributed by atoms with E-state index in [1.165, 1.54) is 0 Å². The number of nitrogens with one attached hydrogen (secondary N) is 1. The van der Waals surface area contributed by atoms with Crippen molar-refractivity contribution >= 4 is 5.91 Å². The number of hydrogen-bond acceptors (Lipinski definition) is 2. The monoisotopic (exact) mass is 230 g/mol. The lowest BCUT2D eigenvalue weighted by molar-refractivity contribution is -0.122. The molecule has 0 heterocycles.